The van der Waals surface area contributed by atoms with Crippen LogP contribution in [0.3, 0.4) is 0 Å². The highest BCUT2D eigenvalue weighted by Gasteiger charge is 2.36. The summed E-state index contributed by atoms with van der Waals surface area (Å²) in [7, 11) is -1.61. The van der Waals surface area contributed by atoms with Gasteiger partial charge in [0.2, 0.25) is 0 Å². The molecule has 1 aliphatic carbocycles. The summed E-state index contributed by atoms with van der Waals surface area (Å²) in [5.41, 5.74) is 0. The molecule has 2 unspecified atom stereocenters. The van der Waals surface area contributed by atoms with Crippen molar-refractivity contribution in [1.82, 2.24) is 9.62 Å². The predicted molar refractivity (Wildman–Crippen MR) is 88.2 cm³/mol. The molecule has 0 bridgehead atoms. The molecular weight excluding hydrogens is 304 g/mol. The van der Waals surface area contributed by atoms with Crippen molar-refractivity contribution in [3.63, 3.8) is 0 Å². The van der Waals surface area contributed by atoms with Gasteiger partial charge in [0.25, 0.3) is 10.0 Å². The van der Waals surface area contributed by atoms with Gasteiger partial charge in [0.15, 0.2) is 0 Å². The normalized spacial score (nSPS) is 22.2. The van der Waals surface area contributed by atoms with Crippen LogP contribution < -0.4 is 5.32 Å². The maximum Gasteiger partial charge on any atom is 0.252 e. The number of rotatable bonds is 8. The molecule has 1 aromatic heterocycles. The quantitative estimate of drug-likeness (QED) is 0.797. The number of hydrogen-bond donors (Lipinski definition) is 1. The van der Waals surface area contributed by atoms with Crippen LogP contribution >= 0.6 is 11.3 Å². The Kier molecular flexibility index (Phi) is 5.46. The lowest BCUT2D eigenvalue weighted by Gasteiger charge is -2.15. The second-order valence-corrected chi connectivity index (χ2v) is 9.78. The Balaban J connectivity index is 1.95. The molecule has 4 nitrogen and oxygen atoms in total. The third kappa shape index (κ3) is 4.52. The third-order valence-corrected chi connectivity index (χ3v) is 7.43. The number of sulfonamides is 1. The minimum Gasteiger partial charge on any atom is -0.314 e. The fourth-order valence-corrected chi connectivity index (χ4v) is 5.14. The highest BCUT2D eigenvalue weighted by molar-refractivity contribution is 7.91. The van der Waals surface area contributed by atoms with Crippen molar-refractivity contribution in [3.05, 3.63) is 17.0 Å². The number of thiophene rings is 1. The van der Waals surface area contributed by atoms with Crippen molar-refractivity contribution in [3.8, 4) is 0 Å². The second kappa shape index (κ2) is 6.77. The Morgan fingerprint density at radius 3 is 2.67 bits per heavy atom. The van der Waals surface area contributed by atoms with Crippen LogP contribution in [-0.2, 0) is 16.4 Å². The Bertz CT molecular complexity index is 566. The molecule has 1 aliphatic rings. The van der Waals surface area contributed by atoms with Crippen LogP contribution in [0.25, 0.3) is 0 Å². The van der Waals surface area contributed by atoms with Crippen LogP contribution in [0.2, 0.25) is 0 Å². The lowest BCUT2D eigenvalue weighted by atomic mass is 10.3. The maximum absolute atomic E-state index is 12.5. The van der Waals surface area contributed by atoms with Gasteiger partial charge in [-0.3, -0.25) is 0 Å². The smallest absolute Gasteiger partial charge is 0.252 e. The molecule has 120 valence electrons. The van der Waals surface area contributed by atoms with E-state index in [-0.39, 0.29) is 0 Å². The minimum absolute atomic E-state index is 0.458. The SMILES string of the molecule is CC(C)NCCc1ccc(S(=O)(=O)N(C)CC2CC2C)s1. The molecule has 1 fully saturated rings. The average molecular weight is 331 g/mol. The van der Waals surface area contributed by atoms with Crippen LogP contribution in [0.5, 0.6) is 0 Å². The predicted octanol–water partition coefficient (Wildman–Crippen LogP) is 2.57. The van der Waals surface area contributed by atoms with Crippen LogP contribution in [0.15, 0.2) is 16.3 Å². The molecular formula is C15H26N2O2S2. The van der Waals surface area contributed by atoms with E-state index in [2.05, 4.69) is 26.1 Å². The summed E-state index contributed by atoms with van der Waals surface area (Å²) in [6.45, 7) is 7.92. The first-order valence-corrected chi connectivity index (χ1v) is 9.84. The zero-order valence-electron chi connectivity index (χ0n) is 13.3. The van der Waals surface area contributed by atoms with Gasteiger partial charge in [-0.25, -0.2) is 8.42 Å². The molecule has 0 aliphatic heterocycles. The Morgan fingerprint density at radius 2 is 2.10 bits per heavy atom. The van der Waals surface area contributed by atoms with Crippen molar-refractivity contribution in [1.29, 1.82) is 0 Å². The molecule has 1 saturated carbocycles. The van der Waals surface area contributed by atoms with E-state index in [1.54, 1.807) is 13.1 Å². The van der Waals surface area contributed by atoms with Gasteiger partial charge in [-0.2, -0.15) is 4.31 Å². The second-order valence-electron chi connectivity index (χ2n) is 6.34. The van der Waals surface area contributed by atoms with Gasteiger partial charge < -0.3 is 5.32 Å². The molecule has 1 N–H and O–H groups in total. The van der Waals surface area contributed by atoms with E-state index in [1.165, 1.54) is 15.6 Å². The van der Waals surface area contributed by atoms with Crippen LogP contribution in [0.1, 0.15) is 32.1 Å². The number of nitrogens with zero attached hydrogens (tertiary/aromatic N) is 1. The fraction of sp³-hybridized carbons (Fsp3) is 0.733. The van der Waals surface area contributed by atoms with Crippen molar-refractivity contribution >= 4 is 21.4 Å². The Morgan fingerprint density at radius 1 is 1.43 bits per heavy atom. The van der Waals surface area contributed by atoms with E-state index in [4.69, 9.17) is 0 Å². The van der Waals surface area contributed by atoms with E-state index in [1.807, 2.05) is 6.07 Å². The summed E-state index contributed by atoms with van der Waals surface area (Å²) in [4.78, 5) is 1.12. The van der Waals surface area contributed by atoms with Crippen molar-refractivity contribution in [2.45, 2.75) is 43.9 Å². The first-order chi connectivity index (χ1) is 9.80. The Hall–Kier alpha value is -0.430. The molecule has 0 spiro atoms. The van der Waals surface area contributed by atoms with Gasteiger partial charge in [-0.15, -0.1) is 11.3 Å². The molecule has 2 rings (SSSR count). The first kappa shape index (κ1) is 16.9. The number of hydrogen-bond acceptors (Lipinski definition) is 4. The van der Waals surface area contributed by atoms with Gasteiger partial charge in [-0.05, 0) is 36.8 Å². The molecule has 0 saturated heterocycles. The largest absolute Gasteiger partial charge is 0.314 e. The van der Waals surface area contributed by atoms with Crippen molar-refractivity contribution < 1.29 is 8.42 Å². The third-order valence-electron chi connectivity index (χ3n) is 3.99. The van der Waals surface area contributed by atoms with Crippen molar-refractivity contribution in [2.24, 2.45) is 11.8 Å². The lowest BCUT2D eigenvalue weighted by molar-refractivity contribution is 0.446. The highest BCUT2D eigenvalue weighted by Crippen LogP contribution is 2.39. The van der Waals surface area contributed by atoms with E-state index >= 15 is 0 Å². The highest BCUT2D eigenvalue weighted by atomic mass is 32.2. The zero-order chi connectivity index (χ0) is 15.6. The standard InChI is InChI=1S/C15H26N2O2S2/c1-11(2)16-8-7-14-5-6-15(20-14)21(18,19)17(4)10-13-9-12(13)3/h5-6,11-13,16H,7-10H2,1-4H3. The first-order valence-electron chi connectivity index (χ1n) is 7.59. The van der Waals surface area contributed by atoms with E-state index in [9.17, 15) is 8.42 Å². The molecule has 0 radical (unpaired) electrons. The van der Waals surface area contributed by atoms with Crippen molar-refractivity contribution in [2.75, 3.05) is 20.1 Å². The van der Waals surface area contributed by atoms with Crippen LogP contribution in [0.4, 0.5) is 0 Å². The number of nitrogens with one attached hydrogen (secondary N) is 1. The van der Waals surface area contributed by atoms with Gasteiger partial charge in [-0.1, -0.05) is 20.8 Å². The maximum atomic E-state index is 12.5. The summed E-state index contributed by atoms with van der Waals surface area (Å²) >= 11 is 1.40. The molecule has 2 atom stereocenters. The average Bonchev–Trinajstić information content (AvgIpc) is 2.90. The summed E-state index contributed by atoms with van der Waals surface area (Å²) in [6, 6.07) is 4.14. The summed E-state index contributed by atoms with van der Waals surface area (Å²) < 4.78 is 27.0. The molecule has 1 aromatic rings. The summed E-state index contributed by atoms with van der Waals surface area (Å²) in [5, 5.41) is 3.35. The lowest BCUT2D eigenvalue weighted by Crippen LogP contribution is -2.28. The van der Waals surface area contributed by atoms with E-state index < -0.39 is 10.0 Å². The topological polar surface area (TPSA) is 49.4 Å². The summed E-state index contributed by atoms with van der Waals surface area (Å²) in [6.07, 6.45) is 2.03. The van der Waals surface area contributed by atoms with E-state index in [0.717, 1.165) is 24.3 Å². The molecule has 0 amide bonds. The van der Waals surface area contributed by atoms with Crippen LogP contribution in [0, 0.1) is 11.8 Å². The molecule has 6 heteroatoms. The van der Waals surface area contributed by atoms with Gasteiger partial charge in [0.1, 0.15) is 4.21 Å². The van der Waals surface area contributed by atoms with Gasteiger partial charge in [0.05, 0.1) is 0 Å². The molecule has 0 aromatic carbocycles. The van der Waals surface area contributed by atoms with Crippen LogP contribution in [-0.4, -0.2) is 38.9 Å². The van der Waals surface area contributed by atoms with E-state index in [0.29, 0.717) is 28.6 Å². The minimum atomic E-state index is -3.31. The monoisotopic (exact) mass is 330 g/mol. The Labute approximate surface area is 132 Å². The molecule has 1 heterocycles. The summed E-state index contributed by atoms with van der Waals surface area (Å²) in [5.74, 6) is 1.21. The zero-order valence-corrected chi connectivity index (χ0v) is 14.9. The van der Waals surface area contributed by atoms with Gasteiger partial charge >= 0.3 is 0 Å². The van der Waals surface area contributed by atoms with Gasteiger partial charge in [0, 0.05) is 31.1 Å². The molecule has 21 heavy (non-hydrogen) atoms. The fourth-order valence-electron chi connectivity index (χ4n) is 2.35.